The molecule has 0 radical (unpaired) electrons. The Hall–Kier alpha value is -1.40. The molecule has 1 atom stereocenters. The molecular formula is C14H18BrN3O2. The SMILES string of the molecule is COc1ccc(C(C)NCCc2noc(C)n2)cc1Br. The number of halogens is 1. The van der Waals surface area contributed by atoms with Gasteiger partial charge < -0.3 is 14.6 Å². The monoisotopic (exact) mass is 339 g/mol. The molecule has 0 fully saturated rings. The molecule has 2 aromatic rings. The molecule has 1 unspecified atom stereocenters. The van der Waals surface area contributed by atoms with Crippen molar-refractivity contribution in [3.8, 4) is 5.75 Å². The first-order valence-corrected chi connectivity index (χ1v) is 7.25. The van der Waals surface area contributed by atoms with E-state index in [9.17, 15) is 0 Å². The van der Waals surface area contributed by atoms with E-state index in [0.717, 1.165) is 29.0 Å². The lowest BCUT2D eigenvalue weighted by Gasteiger charge is -2.15. The lowest BCUT2D eigenvalue weighted by molar-refractivity contribution is 0.386. The molecule has 0 spiro atoms. The highest BCUT2D eigenvalue weighted by molar-refractivity contribution is 9.10. The van der Waals surface area contributed by atoms with Crippen LogP contribution in [-0.4, -0.2) is 23.8 Å². The van der Waals surface area contributed by atoms with Gasteiger partial charge in [0.1, 0.15) is 5.75 Å². The van der Waals surface area contributed by atoms with Crippen LogP contribution in [0.5, 0.6) is 5.75 Å². The van der Waals surface area contributed by atoms with Gasteiger partial charge in [0.2, 0.25) is 5.89 Å². The minimum Gasteiger partial charge on any atom is -0.496 e. The first-order chi connectivity index (χ1) is 9.60. The lowest BCUT2D eigenvalue weighted by Crippen LogP contribution is -2.21. The fraction of sp³-hybridized carbons (Fsp3) is 0.429. The molecule has 0 aliphatic heterocycles. The topological polar surface area (TPSA) is 60.2 Å². The molecule has 5 nitrogen and oxygen atoms in total. The van der Waals surface area contributed by atoms with Crippen molar-refractivity contribution in [2.24, 2.45) is 0 Å². The second-order valence-electron chi connectivity index (χ2n) is 4.55. The summed E-state index contributed by atoms with van der Waals surface area (Å²) in [7, 11) is 1.66. The van der Waals surface area contributed by atoms with Gasteiger partial charge in [-0.05, 0) is 40.5 Å². The van der Waals surface area contributed by atoms with E-state index in [-0.39, 0.29) is 6.04 Å². The number of ether oxygens (including phenoxy) is 1. The number of aromatic nitrogens is 2. The summed E-state index contributed by atoms with van der Waals surface area (Å²) < 4.78 is 11.1. The molecule has 0 bridgehead atoms. The van der Waals surface area contributed by atoms with Gasteiger partial charge in [0.25, 0.3) is 0 Å². The van der Waals surface area contributed by atoms with Gasteiger partial charge in [-0.1, -0.05) is 11.2 Å². The first kappa shape index (κ1) is 15.0. The Bertz CT molecular complexity index is 571. The summed E-state index contributed by atoms with van der Waals surface area (Å²) in [5.41, 5.74) is 1.20. The molecule has 0 saturated carbocycles. The molecule has 0 amide bonds. The predicted molar refractivity (Wildman–Crippen MR) is 79.9 cm³/mol. The van der Waals surface area contributed by atoms with Crippen molar-refractivity contribution in [2.75, 3.05) is 13.7 Å². The van der Waals surface area contributed by atoms with Crippen LogP contribution in [-0.2, 0) is 6.42 Å². The fourth-order valence-corrected chi connectivity index (χ4v) is 2.47. The molecule has 1 aromatic carbocycles. The zero-order chi connectivity index (χ0) is 14.5. The first-order valence-electron chi connectivity index (χ1n) is 6.46. The van der Waals surface area contributed by atoms with Crippen molar-refractivity contribution in [2.45, 2.75) is 26.3 Å². The van der Waals surface area contributed by atoms with Crippen LogP contribution in [0.15, 0.2) is 27.2 Å². The summed E-state index contributed by atoms with van der Waals surface area (Å²) in [6.45, 7) is 4.71. The van der Waals surface area contributed by atoms with E-state index in [0.29, 0.717) is 5.89 Å². The van der Waals surface area contributed by atoms with Crippen LogP contribution in [0.3, 0.4) is 0 Å². The summed E-state index contributed by atoms with van der Waals surface area (Å²) in [5.74, 6) is 2.17. The van der Waals surface area contributed by atoms with Crippen molar-refractivity contribution < 1.29 is 9.26 Å². The van der Waals surface area contributed by atoms with Gasteiger partial charge >= 0.3 is 0 Å². The molecule has 1 N–H and O–H groups in total. The van der Waals surface area contributed by atoms with Gasteiger partial charge in [-0.25, -0.2) is 0 Å². The third-order valence-electron chi connectivity index (χ3n) is 3.04. The average Bonchev–Trinajstić information content (AvgIpc) is 2.84. The van der Waals surface area contributed by atoms with Crippen LogP contribution in [0.25, 0.3) is 0 Å². The largest absolute Gasteiger partial charge is 0.496 e. The summed E-state index contributed by atoms with van der Waals surface area (Å²) in [6.07, 6.45) is 0.749. The van der Waals surface area contributed by atoms with Crippen molar-refractivity contribution in [1.29, 1.82) is 0 Å². The van der Waals surface area contributed by atoms with Crippen LogP contribution >= 0.6 is 15.9 Å². The Morgan fingerprint density at radius 1 is 1.45 bits per heavy atom. The summed E-state index contributed by atoms with van der Waals surface area (Å²) >= 11 is 3.50. The zero-order valence-electron chi connectivity index (χ0n) is 11.8. The molecule has 1 heterocycles. The van der Waals surface area contributed by atoms with Crippen molar-refractivity contribution in [3.63, 3.8) is 0 Å². The molecule has 1 aromatic heterocycles. The molecule has 0 saturated heterocycles. The number of hydrogen-bond donors (Lipinski definition) is 1. The van der Waals surface area contributed by atoms with Crippen LogP contribution in [0.2, 0.25) is 0 Å². The number of benzene rings is 1. The Morgan fingerprint density at radius 3 is 2.85 bits per heavy atom. The van der Waals surface area contributed by atoms with Crippen molar-refractivity contribution >= 4 is 15.9 Å². The van der Waals surface area contributed by atoms with E-state index < -0.39 is 0 Å². The van der Waals surface area contributed by atoms with E-state index in [4.69, 9.17) is 9.26 Å². The molecular weight excluding hydrogens is 322 g/mol. The highest BCUT2D eigenvalue weighted by Crippen LogP contribution is 2.27. The molecule has 2 rings (SSSR count). The number of hydrogen-bond acceptors (Lipinski definition) is 5. The summed E-state index contributed by atoms with van der Waals surface area (Å²) in [6, 6.07) is 6.32. The normalized spacial score (nSPS) is 12.4. The minimum atomic E-state index is 0.241. The van der Waals surface area contributed by atoms with Gasteiger partial charge in [0, 0.05) is 25.9 Å². The quantitative estimate of drug-likeness (QED) is 0.876. The standard InChI is InChI=1S/C14H18BrN3O2/c1-9(11-4-5-13(19-3)12(15)8-11)16-7-6-14-17-10(2)20-18-14/h4-5,8-9,16H,6-7H2,1-3H3. The van der Waals surface area contributed by atoms with E-state index in [1.165, 1.54) is 5.56 Å². The van der Waals surface area contributed by atoms with E-state index >= 15 is 0 Å². The maximum absolute atomic E-state index is 5.23. The molecule has 0 aliphatic carbocycles. The Balaban J connectivity index is 1.88. The van der Waals surface area contributed by atoms with Gasteiger partial charge in [-0.2, -0.15) is 4.98 Å². The third-order valence-corrected chi connectivity index (χ3v) is 3.66. The minimum absolute atomic E-state index is 0.241. The maximum Gasteiger partial charge on any atom is 0.223 e. The average molecular weight is 340 g/mol. The molecule has 20 heavy (non-hydrogen) atoms. The van der Waals surface area contributed by atoms with Gasteiger partial charge in [-0.15, -0.1) is 0 Å². The molecule has 6 heteroatoms. The predicted octanol–water partition coefficient (Wildman–Crippen LogP) is 3.04. The van der Waals surface area contributed by atoms with Crippen LogP contribution < -0.4 is 10.1 Å². The Kier molecular flexibility index (Phi) is 5.14. The second kappa shape index (κ2) is 6.85. The number of nitrogens with zero attached hydrogens (tertiary/aromatic N) is 2. The number of aryl methyl sites for hydroxylation is 1. The molecule has 0 aliphatic rings. The van der Waals surface area contributed by atoms with E-state index in [1.54, 1.807) is 14.0 Å². The van der Waals surface area contributed by atoms with Gasteiger partial charge in [0.15, 0.2) is 5.82 Å². The van der Waals surface area contributed by atoms with E-state index in [2.05, 4.69) is 50.4 Å². The van der Waals surface area contributed by atoms with E-state index in [1.807, 2.05) is 6.07 Å². The van der Waals surface area contributed by atoms with Crippen molar-refractivity contribution in [3.05, 3.63) is 40.0 Å². The zero-order valence-corrected chi connectivity index (χ0v) is 13.4. The number of nitrogens with one attached hydrogen (secondary N) is 1. The third kappa shape index (κ3) is 3.80. The lowest BCUT2D eigenvalue weighted by atomic mass is 10.1. The smallest absolute Gasteiger partial charge is 0.223 e. The summed E-state index contributed by atoms with van der Waals surface area (Å²) in [4.78, 5) is 4.18. The van der Waals surface area contributed by atoms with Gasteiger partial charge in [-0.3, -0.25) is 0 Å². The van der Waals surface area contributed by atoms with Crippen LogP contribution in [0.4, 0.5) is 0 Å². The van der Waals surface area contributed by atoms with Crippen LogP contribution in [0, 0.1) is 6.92 Å². The number of rotatable bonds is 6. The Labute approximate surface area is 126 Å². The summed E-state index contributed by atoms with van der Waals surface area (Å²) in [5, 5.41) is 7.31. The Morgan fingerprint density at radius 2 is 2.25 bits per heavy atom. The van der Waals surface area contributed by atoms with Crippen LogP contribution in [0.1, 0.15) is 30.2 Å². The number of methoxy groups -OCH3 is 1. The van der Waals surface area contributed by atoms with Gasteiger partial charge in [0.05, 0.1) is 11.6 Å². The molecule has 108 valence electrons. The highest BCUT2D eigenvalue weighted by Gasteiger charge is 2.09. The second-order valence-corrected chi connectivity index (χ2v) is 5.40. The maximum atomic E-state index is 5.23. The highest BCUT2D eigenvalue weighted by atomic mass is 79.9. The van der Waals surface area contributed by atoms with Crippen molar-refractivity contribution in [1.82, 2.24) is 15.5 Å². The fourth-order valence-electron chi connectivity index (χ4n) is 1.91.